The van der Waals surface area contributed by atoms with Crippen LogP contribution in [0.5, 0.6) is 0 Å². The molecule has 0 atom stereocenters. The van der Waals surface area contributed by atoms with Gasteiger partial charge in [0.2, 0.25) is 0 Å². The molecule has 0 aromatic heterocycles. The Kier molecular flexibility index (Phi) is 10.2. The fraction of sp³-hybridized carbons (Fsp3) is 0.667. The monoisotopic (exact) mass is 508 g/mol. The second-order valence-corrected chi connectivity index (χ2v) is 15.9. The zero-order valence-electron chi connectivity index (χ0n) is 16.2. The third-order valence-electron chi connectivity index (χ3n) is 4.04. The lowest BCUT2D eigenvalue weighted by Gasteiger charge is -2.20. The second kappa shape index (κ2) is 11.3. The molecule has 8 heteroatoms. The van der Waals surface area contributed by atoms with Crippen molar-refractivity contribution in [2.24, 2.45) is 0 Å². The van der Waals surface area contributed by atoms with Crippen LogP contribution in [0.3, 0.4) is 0 Å². The summed E-state index contributed by atoms with van der Waals surface area (Å²) < 4.78 is 5.96. The Labute approximate surface area is 174 Å². The summed E-state index contributed by atoms with van der Waals surface area (Å²) in [5, 5.41) is 2.78. The summed E-state index contributed by atoms with van der Waals surface area (Å²) in [7, 11) is -1.07. The highest BCUT2D eigenvalue weighted by Crippen LogP contribution is 2.34. The van der Waals surface area contributed by atoms with Crippen molar-refractivity contribution in [3.05, 3.63) is 20.7 Å². The number of hydrogen-bond acceptors (Lipinski definition) is 3. The van der Waals surface area contributed by atoms with Crippen LogP contribution in [-0.4, -0.2) is 44.7 Å². The van der Waals surface area contributed by atoms with Crippen LogP contribution in [0.1, 0.15) is 32.6 Å². The molecule has 0 fully saturated rings. The number of hydrogen-bond donors (Lipinski definition) is 1. The van der Waals surface area contributed by atoms with Crippen LogP contribution in [-0.2, 0) is 9.53 Å². The number of carbonyl (C=O) groups is 2. The Morgan fingerprint density at radius 3 is 2.54 bits per heavy atom. The number of amides is 2. The van der Waals surface area contributed by atoms with Gasteiger partial charge in [-0.25, -0.2) is 4.79 Å². The van der Waals surface area contributed by atoms with Crippen molar-refractivity contribution in [2.75, 3.05) is 19.7 Å². The molecule has 0 unspecified atom stereocenters. The third-order valence-corrected chi connectivity index (χ3v) is 6.64. The maximum atomic E-state index is 12.3. The average Bonchev–Trinajstić information content (AvgIpc) is 2.85. The molecule has 5 nitrogen and oxygen atoms in total. The molecule has 0 radical (unpaired) electrons. The molecule has 26 heavy (non-hydrogen) atoms. The summed E-state index contributed by atoms with van der Waals surface area (Å²) in [6.45, 7) is 10.2. The van der Waals surface area contributed by atoms with E-state index in [1.165, 1.54) is 6.04 Å². The molecular formula is C18H30Br2N2O3Si. The Morgan fingerprint density at radius 2 is 1.96 bits per heavy atom. The summed E-state index contributed by atoms with van der Waals surface area (Å²) in [6.07, 6.45) is 5.18. The Hall–Kier alpha value is -0.603. The molecule has 0 spiro atoms. The lowest BCUT2D eigenvalue weighted by molar-refractivity contribution is -0.123. The van der Waals surface area contributed by atoms with Gasteiger partial charge < -0.3 is 15.0 Å². The second-order valence-electron chi connectivity index (χ2n) is 7.60. The highest BCUT2D eigenvalue weighted by molar-refractivity contribution is 9.28. The SMILES string of the molecule is CCCCC1=CC(=O)N(CCOC(=O)NCCC[Si](C)(C)C)C1=C(Br)Br. The summed E-state index contributed by atoms with van der Waals surface area (Å²) >= 11 is 6.85. The van der Waals surface area contributed by atoms with Crippen molar-refractivity contribution in [1.82, 2.24) is 10.2 Å². The quantitative estimate of drug-likeness (QED) is 0.318. The first-order chi connectivity index (χ1) is 12.2. The Balaban J connectivity index is 2.41. The number of nitrogens with one attached hydrogen (secondary N) is 1. The first-order valence-electron chi connectivity index (χ1n) is 9.14. The summed E-state index contributed by atoms with van der Waals surface area (Å²) in [6, 6.07) is 1.18. The molecule has 0 aliphatic carbocycles. The summed E-state index contributed by atoms with van der Waals surface area (Å²) in [5.74, 6) is -0.0679. The highest BCUT2D eigenvalue weighted by Gasteiger charge is 2.28. The van der Waals surface area contributed by atoms with Gasteiger partial charge in [-0.3, -0.25) is 4.79 Å². The predicted molar refractivity (Wildman–Crippen MR) is 116 cm³/mol. The molecule has 0 saturated heterocycles. The van der Waals surface area contributed by atoms with Crippen molar-refractivity contribution < 1.29 is 14.3 Å². The fourth-order valence-corrected chi connectivity index (χ4v) is 4.85. The van der Waals surface area contributed by atoms with Crippen LogP contribution >= 0.6 is 31.9 Å². The molecule has 0 aromatic rings. The van der Waals surface area contributed by atoms with E-state index >= 15 is 0 Å². The van der Waals surface area contributed by atoms with Crippen LogP contribution < -0.4 is 5.32 Å². The van der Waals surface area contributed by atoms with Crippen molar-refractivity contribution >= 4 is 51.9 Å². The van der Waals surface area contributed by atoms with Gasteiger partial charge in [-0.2, -0.15) is 0 Å². The molecule has 1 rings (SSSR count). The van der Waals surface area contributed by atoms with Crippen LogP contribution in [0.25, 0.3) is 0 Å². The molecule has 148 valence electrons. The van der Waals surface area contributed by atoms with Crippen LogP contribution in [0.4, 0.5) is 4.79 Å². The van der Waals surface area contributed by atoms with E-state index in [-0.39, 0.29) is 12.5 Å². The number of unbranched alkanes of at least 4 members (excludes halogenated alkanes) is 1. The van der Waals surface area contributed by atoms with Crippen molar-refractivity contribution in [3.8, 4) is 0 Å². The lowest BCUT2D eigenvalue weighted by Crippen LogP contribution is -2.32. The smallest absolute Gasteiger partial charge is 0.407 e. The largest absolute Gasteiger partial charge is 0.448 e. The molecular weight excluding hydrogens is 480 g/mol. The van der Waals surface area contributed by atoms with Gasteiger partial charge in [0, 0.05) is 20.7 Å². The molecule has 2 amide bonds. The molecule has 1 aliphatic rings. The van der Waals surface area contributed by atoms with Crippen LogP contribution in [0.15, 0.2) is 20.7 Å². The fourth-order valence-electron chi connectivity index (χ4n) is 2.67. The Bertz CT molecular complexity index is 567. The zero-order chi connectivity index (χ0) is 19.7. The minimum absolute atomic E-state index is 0.0679. The maximum absolute atomic E-state index is 12.3. The van der Waals surface area contributed by atoms with E-state index in [0.29, 0.717) is 13.1 Å². The number of carbonyl (C=O) groups excluding carboxylic acids is 2. The van der Waals surface area contributed by atoms with Crippen LogP contribution in [0, 0.1) is 0 Å². The summed E-state index contributed by atoms with van der Waals surface area (Å²) in [4.78, 5) is 25.7. The first kappa shape index (κ1) is 23.4. The van der Waals surface area contributed by atoms with Gasteiger partial charge in [-0.05, 0) is 56.7 Å². The highest BCUT2D eigenvalue weighted by atomic mass is 79.9. The van der Waals surface area contributed by atoms with E-state index in [1.54, 1.807) is 11.0 Å². The molecule has 1 N–H and O–H groups in total. The topological polar surface area (TPSA) is 58.6 Å². The number of rotatable bonds is 10. The van der Waals surface area contributed by atoms with E-state index in [1.807, 2.05) is 0 Å². The van der Waals surface area contributed by atoms with Crippen molar-refractivity contribution in [2.45, 2.75) is 58.3 Å². The van der Waals surface area contributed by atoms with Gasteiger partial charge in [-0.15, -0.1) is 0 Å². The van der Waals surface area contributed by atoms with E-state index < -0.39 is 14.2 Å². The van der Waals surface area contributed by atoms with Crippen molar-refractivity contribution in [1.29, 1.82) is 0 Å². The standard InChI is InChI=1S/C18H30Br2N2O3Si/c1-5-6-8-14-13-15(23)22(16(14)17(19)20)10-11-25-18(24)21-9-7-12-26(2,3)4/h13H,5-12H2,1-4H3,(H,21,24). The predicted octanol–water partition coefficient (Wildman–Crippen LogP) is 5.36. The molecule has 0 aromatic carbocycles. The maximum Gasteiger partial charge on any atom is 0.407 e. The summed E-state index contributed by atoms with van der Waals surface area (Å²) in [5.41, 5.74) is 1.85. The lowest BCUT2D eigenvalue weighted by atomic mass is 10.1. The molecule has 1 heterocycles. The number of ether oxygens (including phenoxy) is 1. The van der Waals surface area contributed by atoms with Crippen molar-refractivity contribution in [3.63, 3.8) is 0 Å². The molecule has 1 aliphatic heterocycles. The van der Waals surface area contributed by atoms with E-state index in [0.717, 1.165) is 40.3 Å². The zero-order valence-corrected chi connectivity index (χ0v) is 20.3. The number of alkyl carbamates (subject to hydrolysis) is 1. The van der Waals surface area contributed by atoms with Gasteiger partial charge >= 0.3 is 6.09 Å². The van der Waals surface area contributed by atoms with Gasteiger partial charge in [0.15, 0.2) is 0 Å². The minimum Gasteiger partial charge on any atom is -0.448 e. The number of halogens is 2. The van der Waals surface area contributed by atoms with Gasteiger partial charge in [0.05, 0.1) is 15.6 Å². The van der Waals surface area contributed by atoms with Gasteiger partial charge in [0.25, 0.3) is 5.91 Å². The van der Waals surface area contributed by atoms with E-state index in [2.05, 4.69) is 63.7 Å². The normalized spacial score (nSPS) is 14.5. The Morgan fingerprint density at radius 1 is 1.27 bits per heavy atom. The number of nitrogens with zero attached hydrogens (tertiary/aromatic N) is 1. The first-order valence-corrected chi connectivity index (χ1v) is 14.4. The van der Waals surface area contributed by atoms with E-state index in [9.17, 15) is 9.59 Å². The molecule has 0 bridgehead atoms. The van der Waals surface area contributed by atoms with Gasteiger partial charge in [0.1, 0.15) is 6.61 Å². The van der Waals surface area contributed by atoms with Gasteiger partial charge in [-0.1, -0.05) is 39.0 Å². The molecule has 0 saturated carbocycles. The minimum atomic E-state index is -1.07. The third kappa shape index (κ3) is 8.39. The number of allylic oxidation sites excluding steroid dienone is 1. The van der Waals surface area contributed by atoms with E-state index in [4.69, 9.17) is 4.74 Å². The average molecular weight is 510 g/mol. The van der Waals surface area contributed by atoms with Crippen LogP contribution in [0.2, 0.25) is 25.7 Å².